The van der Waals surface area contributed by atoms with Crippen LogP contribution in [0, 0.1) is 30.9 Å². The van der Waals surface area contributed by atoms with Crippen molar-refractivity contribution in [1.82, 2.24) is 19.6 Å². The first-order valence-electron chi connectivity index (χ1n) is 6.28. The highest BCUT2D eigenvalue weighted by Gasteiger charge is 2.22. The molecule has 2 aromatic heterocycles. The Balaban J connectivity index is 2.15. The van der Waals surface area contributed by atoms with Crippen molar-refractivity contribution in [2.45, 2.75) is 27.3 Å². The summed E-state index contributed by atoms with van der Waals surface area (Å²) in [6.07, 6.45) is 1.55. The summed E-state index contributed by atoms with van der Waals surface area (Å²) in [6.45, 7) is 4.86. The number of anilines is 1. The third-order valence-corrected chi connectivity index (χ3v) is 3.33. The molecule has 0 bridgehead atoms. The zero-order valence-corrected chi connectivity index (χ0v) is 12.2. The van der Waals surface area contributed by atoms with Crippen LogP contribution in [0.25, 0.3) is 0 Å². The van der Waals surface area contributed by atoms with Gasteiger partial charge in [0.25, 0.3) is 0 Å². The summed E-state index contributed by atoms with van der Waals surface area (Å²) >= 11 is 0. The van der Waals surface area contributed by atoms with Crippen molar-refractivity contribution in [3.05, 3.63) is 33.4 Å². The minimum Gasteiger partial charge on any atom is -0.322 e. The normalized spacial score (nSPS) is 10.7. The van der Waals surface area contributed by atoms with Gasteiger partial charge in [0.15, 0.2) is 0 Å². The third-order valence-electron chi connectivity index (χ3n) is 3.33. The molecule has 21 heavy (non-hydrogen) atoms. The van der Waals surface area contributed by atoms with Crippen LogP contribution < -0.4 is 5.32 Å². The molecular formula is C12H16N6O3. The Kier molecular flexibility index (Phi) is 3.74. The van der Waals surface area contributed by atoms with Crippen LogP contribution in [0.1, 0.15) is 17.1 Å². The number of nitro groups is 1. The molecule has 0 atom stereocenters. The zero-order valence-electron chi connectivity index (χ0n) is 12.2. The van der Waals surface area contributed by atoms with Gasteiger partial charge < -0.3 is 5.32 Å². The fourth-order valence-corrected chi connectivity index (χ4v) is 2.05. The van der Waals surface area contributed by atoms with Crippen molar-refractivity contribution in [3.63, 3.8) is 0 Å². The van der Waals surface area contributed by atoms with Gasteiger partial charge in [-0.1, -0.05) is 0 Å². The number of nitrogens with one attached hydrogen (secondary N) is 1. The summed E-state index contributed by atoms with van der Waals surface area (Å²) in [6, 6.07) is 0. The largest absolute Gasteiger partial charge is 0.322 e. The van der Waals surface area contributed by atoms with E-state index in [2.05, 4.69) is 15.5 Å². The molecule has 9 nitrogen and oxygen atoms in total. The molecule has 0 unspecified atom stereocenters. The number of carbonyl (C=O) groups is 1. The fraction of sp³-hybridized carbons (Fsp3) is 0.417. The van der Waals surface area contributed by atoms with Crippen molar-refractivity contribution < 1.29 is 9.72 Å². The van der Waals surface area contributed by atoms with E-state index in [-0.39, 0.29) is 18.1 Å². The van der Waals surface area contributed by atoms with Crippen LogP contribution in [0.4, 0.5) is 11.4 Å². The number of carbonyl (C=O) groups excluding carboxylic acids is 1. The number of amides is 1. The first-order valence-corrected chi connectivity index (χ1v) is 6.28. The van der Waals surface area contributed by atoms with Gasteiger partial charge in [-0.25, -0.2) is 0 Å². The van der Waals surface area contributed by atoms with E-state index in [4.69, 9.17) is 0 Å². The van der Waals surface area contributed by atoms with Gasteiger partial charge in [0.2, 0.25) is 5.91 Å². The van der Waals surface area contributed by atoms with Gasteiger partial charge in [-0.15, -0.1) is 0 Å². The molecular weight excluding hydrogens is 276 g/mol. The van der Waals surface area contributed by atoms with Gasteiger partial charge >= 0.3 is 5.69 Å². The molecule has 112 valence electrons. The molecule has 0 aliphatic rings. The van der Waals surface area contributed by atoms with E-state index in [0.29, 0.717) is 17.1 Å². The molecule has 0 saturated heterocycles. The van der Waals surface area contributed by atoms with Crippen molar-refractivity contribution in [2.24, 2.45) is 7.05 Å². The average molecular weight is 292 g/mol. The van der Waals surface area contributed by atoms with Gasteiger partial charge in [0.1, 0.15) is 17.9 Å². The van der Waals surface area contributed by atoms with E-state index in [1.807, 2.05) is 6.92 Å². The lowest BCUT2D eigenvalue weighted by Gasteiger charge is -2.05. The van der Waals surface area contributed by atoms with Crippen LogP contribution in [-0.4, -0.2) is 30.4 Å². The second-order valence-corrected chi connectivity index (χ2v) is 4.75. The summed E-state index contributed by atoms with van der Waals surface area (Å²) in [4.78, 5) is 22.4. The first kappa shape index (κ1) is 14.7. The lowest BCUT2D eigenvalue weighted by Crippen LogP contribution is -2.20. The smallest absolute Gasteiger partial charge is 0.312 e. The average Bonchev–Trinajstić information content (AvgIpc) is 2.83. The highest BCUT2D eigenvalue weighted by Crippen LogP contribution is 2.21. The van der Waals surface area contributed by atoms with Crippen molar-refractivity contribution in [3.8, 4) is 0 Å². The Morgan fingerprint density at radius 2 is 2.05 bits per heavy atom. The van der Waals surface area contributed by atoms with Gasteiger partial charge in [0.05, 0.1) is 22.5 Å². The number of hydrogen-bond acceptors (Lipinski definition) is 5. The Morgan fingerprint density at radius 3 is 2.52 bits per heavy atom. The predicted octanol–water partition coefficient (Wildman–Crippen LogP) is 1.09. The minimum atomic E-state index is -0.489. The molecule has 0 spiro atoms. The van der Waals surface area contributed by atoms with E-state index in [1.54, 1.807) is 31.8 Å². The van der Waals surface area contributed by atoms with Crippen LogP contribution in [0.5, 0.6) is 0 Å². The van der Waals surface area contributed by atoms with Crippen LogP contribution in [0.15, 0.2) is 6.20 Å². The summed E-state index contributed by atoms with van der Waals surface area (Å²) in [5.41, 5.74) is 2.03. The number of hydrogen-bond donors (Lipinski definition) is 1. The van der Waals surface area contributed by atoms with Crippen LogP contribution in [-0.2, 0) is 18.4 Å². The van der Waals surface area contributed by atoms with E-state index >= 15 is 0 Å². The quantitative estimate of drug-likeness (QED) is 0.670. The predicted molar refractivity (Wildman–Crippen MR) is 74.9 cm³/mol. The van der Waals surface area contributed by atoms with Gasteiger partial charge in [-0.05, 0) is 20.8 Å². The Labute approximate surface area is 120 Å². The van der Waals surface area contributed by atoms with E-state index in [9.17, 15) is 14.9 Å². The maximum atomic E-state index is 12.0. The van der Waals surface area contributed by atoms with Crippen molar-refractivity contribution in [1.29, 1.82) is 0 Å². The zero-order chi connectivity index (χ0) is 15.7. The van der Waals surface area contributed by atoms with Gasteiger partial charge in [-0.2, -0.15) is 10.2 Å². The molecule has 1 N–H and O–H groups in total. The first-order chi connectivity index (χ1) is 9.81. The summed E-state index contributed by atoms with van der Waals surface area (Å²) < 4.78 is 2.97. The molecule has 0 aliphatic carbocycles. The Morgan fingerprint density at radius 1 is 1.38 bits per heavy atom. The van der Waals surface area contributed by atoms with Gasteiger partial charge in [-0.3, -0.25) is 24.3 Å². The molecule has 2 heterocycles. The lowest BCUT2D eigenvalue weighted by molar-refractivity contribution is -0.386. The molecule has 0 fully saturated rings. The third kappa shape index (κ3) is 2.76. The molecule has 0 aromatic carbocycles. The second-order valence-electron chi connectivity index (χ2n) is 4.75. The van der Waals surface area contributed by atoms with Crippen molar-refractivity contribution in [2.75, 3.05) is 5.32 Å². The molecule has 2 aromatic rings. The van der Waals surface area contributed by atoms with Crippen LogP contribution >= 0.6 is 0 Å². The van der Waals surface area contributed by atoms with Crippen LogP contribution in [0.3, 0.4) is 0 Å². The van der Waals surface area contributed by atoms with E-state index < -0.39 is 4.92 Å². The summed E-state index contributed by atoms with van der Waals surface area (Å²) in [5.74, 6) is -0.313. The molecule has 9 heteroatoms. The van der Waals surface area contributed by atoms with Crippen LogP contribution in [0.2, 0.25) is 0 Å². The fourth-order valence-electron chi connectivity index (χ4n) is 2.05. The van der Waals surface area contributed by atoms with E-state index in [0.717, 1.165) is 5.69 Å². The number of aryl methyl sites for hydroxylation is 2. The highest BCUT2D eigenvalue weighted by atomic mass is 16.6. The molecule has 2 rings (SSSR count). The Hall–Kier alpha value is -2.71. The minimum absolute atomic E-state index is 0.0552. The monoisotopic (exact) mass is 292 g/mol. The second kappa shape index (κ2) is 5.35. The Bertz CT molecular complexity index is 715. The number of rotatable bonds is 4. The topological polar surface area (TPSA) is 108 Å². The van der Waals surface area contributed by atoms with E-state index in [1.165, 1.54) is 4.68 Å². The molecule has 0 aliphatic heterocycles. The molecule has 1 amide bonds. The maximum absolute atomic E-state index is 12.0. The maximum Gasteiger partial charge on any atom is 0.312 e. The molecule has 0 saturated carbocycles. The molecule has 0 radical (unpaired) electrons. The standard InChI is InChI=1S/C12H16N6O3/c1-7-12(18(20)21)9(3)17(15-7)6-11(19)14-10-5-13-16(4)8(10)2/h5H,6H2,1-4H3,(H,14,19). The van der Waals surface area contributed by atoms with Gasteiger partial charge in [0, 0.05) is 7.05 Å². The summed E-state index contributed by atoms with van der Waals surface area (Å²) in [5, 5.41) is 21.7. The summed E-state index contributed by atoms with van der Waals surface area (Å²) in [7, 11) is 1.77. The SMILES string of the molecule is Cc1nn(CC(=O)Nc2cnn(C)c2C)c(C)c1[N+](=O)[O-]. The highest BCUT2D eigenvalue weighted by molar-refractivity contribution is 5.91. The lowest BCUT2D eigenvalue weighted by atomic mass is 10.3. The number of nitrogens with zero attached hydrogens (tertiary/aromatic N) is 5. The number of aromatic nitrogens is 4. The van der Waals surface area contributed by atoms with Crippen molar-refractivity contribution >= 4 is 17.3 Å².